The Morgan fingerprint density at radius 3 is 2.45 bits per heavy atom. The van der Waals surface area contributed by atoms with Crippen LogP contribution in [0.15, 0.2) is 109 Å². The number of methoxy groups -OCH3 is 1. The summed E-state index contributed by atoms with van der Waals surface area (Å²) in [6.07, 6.45) is 5.85. The first-order valence-corrected chi connectivity index (χ1v) is 23.3. The van der Waals surface area contributed by atoms with E-state index < -0.39 is 13.2 Å². The van der Waals surface area contributed by atoms with Crippen LogP contribution in [0.2, 0.25) is 0 Å². The quantitative estimate of drug-likeness (QED) is 0.0429. The molecule has 316 valence electrons. The Morgan fingerprint density at radius 1 is 0.933 bits per heavy atom. The maximum atomic E-state index is 13.6. The molecule has 5 N–H and O–H groups in total. The number of aromatic nitrogens is 1. The molecule has 1 aliphatic rings. The Hall–Kier alpha value is -5.68. The molecule has 60 heavy (non-hydrogen) atoms. The average Bonchev–Trinajstić information content (AvgIpc) is 3.22. The van der Waals surface area contributed by atoms with E-state index in [-0.39, 0.29) is 5.92 Å². The van der Waals surface area contributed by atoms with Gasteiger partial charge in [-0.3, -0.25) is 10.2 Å². The minimum absolute atomic E-state index is 0.0584. The fraction of sp³-hybridized carbons (Fsp3) is 0.340. The zero-order valence-electron chi connectivity index (χ0n) is 35.5. The number of urea groups is 1. The zero-order valence-corrected chi connectivity index (χ0v) is 36.4. The number of pyridine rings is 1. The molecule has 1 saturated heterocycles. The number of nitrogens with zero attached hydrogens (tertiary/aromatic N) is 2. The molecule has 1 aliphatic heterocycles. The Morgan fingerprint density at radius 2 is 1.72 bits per heavy atom. The van der Waals surface area contributed by atoms with E-state index in [4.69, 9.17) is 19.6 Å². The molecule has 0 spiro atoms. The smallest absolute Gasteiger partial charge is 0.324 e. The molecule has 0 radical (unpaired) electrons. The number of carbonyl (C=O) groups excluding carboxylic acids is 1. The van der Waals surface area contributed by atoms with Gasteiger partial charge in [-0.15, -0.1) is 0 Å². The van der Waals surface area contributed by atoms with Crippen LogP contribution in [0.1, 0.15) is 50.7 Å². The van der Waals surface area contributed by atoms with Gasteiger partial charge in [-0.25, -0.2) is 9.78 Å². The lowest BCUT2D eigenvalue weighted by Gasteiger charge is -2.28. The number of morpholine rings is 1. The topological polar surface area (TPSA) is 150 Å². The molecule has 0 bridgehead atoms. The van der Waals surface area contributed by atoms with Crippen LogP contribution in [0.4, 0.5) is 27.7 Å². The second kappa shape index (κ2) is 20.5. The highest BCUT2D eigenvalue weighted by atomic mass is 31.2. The van der Waals surface area contributed by atoms with Crippen molar-refractivity contribution in [2.75, 3.05) is 69.2 Å². The summed E-state index contributed by atoms with van der Waals surface area (Å²) in [6, 6.07) is 28.4. The average molecular weight is 832 g/mol. The zero-order chi connectivity index (χ0) is 42.6. The van der Waals surface area contributed by atoms with Crippen molar-refractivity contribution in [1.82, 2.24) is 15.2 Å². The van der Waals surface area contributed by atoms with Crippen molar-refractivity contribution in [3.8, 4) is 17.2 Å². The largest absolute Gasteiger partial charge is 0.497 e. The van der Waals surface area contributed by atoms with Gasteiger partial charge in [-0.2, -0.15) is 0 Å². The predicted molar refractivity (Wildman–Crippen MR) is 245 cm³/mol. The van der Waals surface area contributed by atoms with Crippen LogP contribution in [0.3, 0.4) is 0 Å². The van der Waals surface area contributed by atoms with Crippen molar-refractivity contribution in [3.63, 3.8) is 0 Å². The number of amides is 2. The van der Waals surface area contributed by atoms with E-state index in [9.17, 15) is 9.36 Å². The number of ether oxygens (including phenoxy) is 3. The van der Waals surface area contributed by atoms with Gasteiger partial charge in [-0.05, 0) is 104 Å². The number of fused-ring (bicyclic) bond motifs is 1. The van der Waals surface area contributed by atoms with Crippen LogP contribution < -0.4 is 30.7 Å². The summed E-state index contributed by atoms with van der Waals surface area (Å²) in [6.45, 7) is 14.2. The van der Waals surface area contributed by atoms with E-state index >= 15 is 0 Å². The molecule has 13 heteroatoms. The van der Waals surface area contributed by atoms with Gasteiger partial charge in [0.25, 0.3) is 0 Å². The standard InChI is InChI=1S/C47H58N7O5P/c1-7-34(18-20-54-21-23-58-24-22-54)35-26-37(28-39(27-35)57-4)51-45-29-38(17-19-49-45)59-44-16-15-43(40-13-8-9-14-41(40)44)52-47(55)53-46(30-42(48)32(2)3)50-36-12-10-11-33(25-36)31-60(5,6)56/h8-17,19,25-30,32,34,48,50H,7,18,20-24,31H2,1-6H3,(H,49,51)(H2,52,53,55)/b46-30+,48-42?. The number of anilines is 4. The van der Waals surface area contributed by atoms with Crippen molar-refractivity contribution in [2.45, 2.75) is 45.7 Å². The first-order chi connectivity index (χ1) is 28.8. The van der Waals surface area contributed by atoms with Crippen molar-refractivity contribution in [1.29, 1.82) is 5.41 Å². The molecule has 0 saturated carbocycles. The van der Waals surface area contributed by atoms with Gasteiger partial charge in [0.1, 0.15) is 28.9 Å². The molecule has 4 aromatic carbocycles. The maximum Gasteiger partial charge on any atom is 0.324 e. The van der Waals surface area contributed by atoms with Crippen LogP contribution in [-0.4, -0.2) is 74.9 Å². The van der Waals surface area contributed by atoms with E-state index in [0.717, 1.165) is 73.5 Å². The van der Waals surface area contributed by atoms with Crippen LogP contribution in [-0.2, 0) is 15.5 Å². The summed E-state index contributed by atoms with van der Waals surface area (Å²) in [5, 5.41) is 22.7. The number of allylic oxidation sites excluding steroid dienone is 1. The van der Waals surface area contributed by atoms with Crippen LogP contribution in [0, 0.1) is 11.3 Å². The Balaban J connectivity index is 1.16. The molecular formula is C47H58N7O5P. The predicted octanol–water partition coefficient (Wildman–Crippen LogP) is 10.9. The molecule has 1 unspecified atom stereocenters. The Kier molecular flexibility index (Phi) is 15.0. The van der Waals surface area contributed by atoms with Gasteiger partial charge in [0, 0.05) is 65.4 Å². The summed E-state index contributed by atoms with van der Waals surface area (Å²) in [5.41, 5.74) is 4.66. The lowest BCUT2D eigenvalue weighted by Crippen LogP contribution is -2.37. The summed E-state index contributed by atoms with van der Waals surface area (Å²) >= 11 is 0. The number of benzene rings is 4. The third-order valence-corrected chi connectivity index (χ3v) is 11.5. The van der Waals surface area contributed by atoms with Crippen molar-refractivity contribution < 1.29 is 23.6 Å². The van der Waals surface area contributed by atoms with Gasteiger partial charge >= 0.3 is 6.03 Å². The Labute approximate surface area is 354 Å². The minimum Gasteiger partial charge on any atom is -0.497 e. The molecule has 5 aromatic rings. The lowest BCUT2D eigenvalue weighted by atomic mass is 9.92. The van der Waals surface area contributed by atoms with Crippen LogP contribution in [0.25, 0.3) is 10.8 Å². The highest BCUT2D eigenvalue weighted by Crippen LogP contribution is 2.41. The second-order valence-corrected chi connectivity index (χ2v) is 19.4. The van der Waals surface area contributed by atoms with Crippen LogP contribution in [0.5, 0.6) is 17.2 Å². The fourth-order valence-corrected chi connectivity index (χ4v) is 8.22. The van der Waals surface area contributed by atoms with Gasteiger partial charge < -0.3 is 40.1 Å². The van der Waals surface area contributed by atoms with Gasteiger partial charge in [-0.1, -0.05) is 57.2 Å². The highest BCUT2D eigenvalue weighted by molar-refractivity contribution is 7.61. The number of nitrogens with one attached hydrogen (secondary N) is 5. The molecule has 2 amide bonds. The van der Waals surface area contributed by atoms with E-state index in [2.05, 4.69) is 50.2 Å². The third-order valence-electron chi connectivity index (χ3n) is 10.3. The van der Waals surface area contributed by atoms with E-state index in [1.165, 1.54) is 5.56 Å². The van der Waals surface area contributed by atoms with Crippen LogP contribution >= 0.6 is 7.14 Å². The molecule has 1 atom stereocenters. The fourth-order valence-electron chi connectivity index (χ4n) is 7.15. The van der Waals surface area contributed by atoms with Crippen molar-refractivity contribution in [3.05, 3.63) is 120 Å². The monoisotopic (exact) mass is 831 g/mol. The molecule has 6 rings (SSSR count). The van der Waals surface area contributed by atoms with Gasteiger partial charge in [0.05, 0.1) is 33.2 Å². The van der Waals surface area contributed by atoms with Crippen molar-refractivity contribution >= 4 is 52.5 Å². The molecule has 2 heterocycles. The highest BCUT2D eigenvalue weighted by Gasteiger charge is 2.18. The van der Waals surface area contributed by atoms with E-state index in [1.54, 1.807) is 32.7 Å². The normalized spacial score (nSPS) is 14.1. The van der Waals surface area contributed by atoms with E-state index in [0.29, 0.717) is 52.3 Å². The number of hydrogen-bond donors (Lipinski definition) is 5. The second-order valence-electron chi connectivity index (χ2n) is 15.9. The maximum absolute atomic E-state index is 13.6. The molecule has 0 aliphatic carbocycles. The first-order valence-electron chi connectivity index (χ1n) is 20.6. The summed E-state index contributed by atoms with van der Waals surface area (Å²) in [7, 11) is -0.600. The number of carbonyl (C=O) groups is 1. The Bertz CT molecular complexity index is 2350. The lowest BCUT2D eigenvalue weighted by molar-refractivity contribution is 0.0365. The summed E-state index contributed by atoms with van der Waals surface area (Å²) in [5.74, 6) is 3.27. The van der Waals surface area contributed by atoms with Gasteiger partial charge in [0.15, 0.2) is 0 Å². The summed E-state index contributed by atoms with van der Waals surface area (Å²) < 4.78 is 30.2. The molecule has 12 nitrogen and oxygen atoms in total. The van der Waals surface area contributed by atoms with Gasteiger partial charge in [0.2, 0.25) is 0 Å². The molecular weight excluding hydrogens is 774 g/mol. The SMILES string of the molecule is CCC(CCN1CCOCC1)c1cc(Nc2cc(Oc3ccc(NC(=O)N/C(=C/C(=N)C(C)C)Nc4cccc(CP(C)(C)=O)c4)c4ccccc34)ccn2)cc(OC)c1. The number of rotatable bonds is 18. The van der Waals surface area contributed by atoms with E-state index in [1.807, 2.05) is 92.7 Å². The van der Waals surface area contributed by atoms with Crippen molar-refractivity contribution in [2.24, 2.45) is 5.92 Å². The molecule has 1 fully saturated rings. The molecule has 1 aromatic heterocycles. The third kappa shape index (κ3) is 12.7. The summed E-state index contributed by atoms with van der Waals surface area (Å²) in [4.78, 5) is 20.6. The minimum atomic E-state index is -2.29. The first kappa shape index (κ1) is 43.9. The number of hydrogen-bond acceptors (Lipinski definition) is 10.